The maximum Gasteiger partial charge on any atom is 0.408 e. The van der Waals surface area contributed by atoms with E-state index in [1.807, 2.05) is 53.8 Å². The van der Waals surface area contributed by atoms with E-state index in [2.05, 4.69) is 29.7 Å². The van der Waals surface area contributed by atoms with Crippen molar-refractivity contribution in [2.24, 2.45) is 0 Å². The summed E-state index contributed by atoms with van der Waals surface area (Å²) in [5, 5.41) is 1.89. The lowest BCUT2D eigenvalue weighted by molar-refractivity contribution is -0.124. The van der Waals surface area contributed by atoms with E-state index in [0.717, 1.165) is 61.4 Å². The zero-order chi connectivity index (χ0) is 29.2. The van der Waals surface area contributed by atoms with Crippen molar-refractivity contribution in [3.63, 3.8) is 0 Å². The first-order valence-corrected chi connectivity index (χ1v) is 14.0. The zero-order valence-corrected chi connectivity index (χ0v) is 22.8. The van der Waals surface area contributed by atoms with Crippen LogP contribution in [0.5, 0.6) is 0 Å². The number of rotatable bonds is 8. The number of alkyl carbamates (subject to hydrolysis) is 1. The first kappa shape index (κ1) is 27.8. The molecule has 4 aromatic rings. The Morgan fingerprint density at radius 1 is 0.905 bits per heavy atom. The van der Waals surface area contributed by atoms with Gasteiger partial charge < -0.3 is 15.0 Å². The smallest absolute Gasteiger partial charge is 0.408 e. The fraction of sp³-hybridized carbons (Fsp3) is 0.367. The van der Waals surface area contributed by atoms with Gasteiger partial charge in [0, 0.05) is 49.7 Å². The molecule has 1 amide bonds. The number of carbonyl (C=O) groups excluding carboxylic acids is 1. The second-order valence-electron chi connectivity index (χ2n) is 10.5. The molecule has 1 fully saturated rings. The van der Waals surface area contributed by atoms with E-state index in [4.69, 9.17) is 4.74 Å². The number of hydrogen-bond acceptors (Lipinski definition) is 8. The number of nitrogens with zero attached hydrogens (tertiary/aromatic N) is 6. The van der Waals surface area contributed by atoms with Gasteiger partial charge in [-0.25, -0.2) is 19.7 Å². The van der Waals surface area contributed by atoms with Crippen molar-refractivity contribution in [1.29, 1.82) is 0 Å². The van der Waals surface area contributed by atoms with Crippen LogP contribution in [0.25, 0.3) is 22.3 Å². The molecule has 6 rings (SSSR count). The summed E-state index contributed by atoms with van der Waals surface area (Å²) < 4.78 is 44.4. The summed E-state index contributed by atoms with van der Waals surface area (Å²) in [7, 11) is 0. The molecule has 1 aliphatic carbocycles. The lowest BCUT2D eigenvalue weighted by Crippen LogP contribution is -2.47. The van der Waals surface area contributed by atoms with Gasteiger partial charge in [-0.2, -0.15) is 18.2 Å². The molecular weight excluding hydrogens is 547 g/mol. The predicted octanol–water partition coefficient (Wildman–Crippen LogP) is 4.92. The van der Waals surface area contributed by atoms with Crippen LogP contribution in [0.3, 0.4) is 0 Å². The van der Waals surface area contributed by atoms with Crippen LogP contribution in [-0.2, 0) is 10.3 Å². The summed E-state index contributed by atoms with van der Waals surface area (Å²) in [4.78, 5) is 34.7. The van der Waals surface area contributed by atoms with Gasteiger partial charge in [-0.05, 0) is 36.9 Å². The van der Waals surface area contributed by atoms with E-state index in [0.29, 0.717) is 30.0 Å². The molecule has 1 saturated heterocycles. The molecule has 1 N–H and O–H groups in total. The lowest BCUT2D eigenvalue weighted by atomic mass is 9.86. The highest BCUT2D eigenvalue weighted by atomic mass is 19.4. The zero-order valence-electron chi connectivity index (χ0n) is 22.8. The fourth-order valence-electron chi connectivity index (χ4n) is 5.88. The normalized spacial score (nSPS) is 16.2. The third-order valence-corrected chi connectivity index (χ3v) is 7.84. The van der Waals surface area contributed by atoms with Crippen LogP contribution in [0.4, 0.5) is 23.9 Å². The number of carbonyl (C=O) groups is 1. The molecule has 9 nitrogen and oxygen atoms in total. The molecule has 2 aliphatic rings. The van der Waals surface area contributed by atoms with Gasteiger partial charge in [0.15, 0.2) is 11.2 Å². The number of anilines is 1. The molecule has 1 aliphatic heterocycles. The summed E-state index contributed by atoms with van der Waals surface area (Å²) >= 11 is 0. The number of hydrogen-bond donors (Lipinski definition) is 1. The third-order valence-electron chi connectivity index (χ3n) is 7.84. The van der Waals surface area contributed by atoms with E-state index < -0.39 is 24.4 Å². The van der Waals surface area contributed by atoms with Crippen LogP contribution < -0.4 is 10.2 Å². The van der Waals surface area contributed by atoms with E-state index in [1.165, 1.54) is 0 Å². The quantitative estimate of drug-likeness (QED) is 0.295. The topological polar surface area (TPSA) is 96.4 Å². The van der Waals surface area contributed by atoms with Gasteiger partial charge in [-0.15, -0.1) is 0 Å². The Hall–Kier alpha value is -4.32. The van der Waals surface area contributed by atoms with Gasteiger partial charge >= 0.3 is 12.3 Å². The molecular formula is C30H30F3N7O2. The molecule has 12 heteroatoms. The van der Waals surface area contributed by atoms with E-state index in [1.54, 1.807) is 18.6 Å². The first-order valence-electron chi connectivity index (χ1n) is 14.0. The number of fused-ring (bicyclic) bond motifs is 4. The number of nitrogens with one attached hydrogen (secondary N) is 1. The Labute approximate surface area is 240 Å². The average molecular weight is 578 g/mol. The number of alkyl halides is 3. The van der Waals surface area contributed by atoms with Crippen LogP contribution in [0.1, 0.15) is 30.4 Å². The predicted molar refractivity (Wildman–Crippen MR) is 151 cm³/mol. The molecule has 0 saturated carbocycles. The number of piperazine rings is 1. The van der Waals surface area contributed by atoms with Crippen LogP contribution >= 0.6 is 0 Å². The van der Waals surface area contributed by atoms with Crippen LogP contribution in [0.15, 0.2) is 67.1 Å². The summed E-state index contributed by atoms with van der Waals surface area (Å²) in [6, 6.07) is 15.2. The van der Waals surface area contributed by atoms with Crippen molar-refractivity contribution < 1.29 is 22.7 Å². The standard InChI is InChI=1S/C30H30F3N7O2/c31-30(32,33)20-37-28(41)42-29(23-9-3-1-7-21(23)22-8-2-4-10-24(22)29)11-5-6-14-39-15-17-40(18-16-39)27-36-19-25-26(38-27)35-13-12-34-25/h1-4,7-10,12-13,19H,5-6,11,14-18,20H2,(H,37,41). The number of unbranched alkanes of at least 4 members (excludes halogenated alkanes) is 1. The van der Waals surface area contributed by atoms with E-state index in [9.17, 15) is 18.0 Å². The maximum absolute atomic E-state index is 12.8. The Kier molecular flexibility index (Phi) is 7.63. The number of amides is 1. The molecule has 0 radical (unpaired) electrons. The molecule has 0 atom stereocenters. The SMILES string of the molecule is O=C(NCC(F)(F)F)OC1(CCCCN2CCN(c3ncc4nccnc4n3)CC2)c2ccccc2-c2ccccc21. The minimum Gasteiger partial charge on any atom is -0.433 e. The van der Waals surface area contributed by atoms with Crippen molar-refractivity contribution in [1.82, 2.24) is 30.2 Å². The highest BCUT2D eigenvalue weighted by Gasteiger charge is 2.46. The first-order chi connectivity index (χ1) is 20.3. The monoisotopic (exact) mass is 577 g/mol. The van der Waals surface area contributed by atoms with Gasteiger partial charge in [-0.3, -0.25) is 4.90 Å². The van der Waals surface area contributed by atoms with Crippen LogP contribution in [0, 0.1) is 0 Å². The molecule has 0 bridgehead atoms. The third kappa shape index (κ3) is 5.71. The van der Waals surface area contributed by atoms with Crippen molar-refractivity contribution in [2.45, 2.75) is 31.0 Å². The van der Waals surface area contributed by atoms with Gasteiger partial charge in [0.1, 0.15) is 12.1 Å². The van der Waals surface area contributed by atoms with Crippen LogP contribution in [0.2, 0.25) is 0 Å². The van der Waals surface area contributed by atoms with Crippen LogP contribution in [-0.4, -0.2) is 76.4 Å². The second kappa shape index (κ2) is 11.5. The summed E-state index contributed by atoms with van der Waals surface area (Å²) in [5.74, 6) is 0.643. The molecule has 0 unspecified atom stereocenters. The van der Waals surface area contributed by atoms with Gasteiger partial charge in [0.05, 0.1) is 6.20 Å². The maximum atomic E-state index is 12.8. The fourth-order valence-corrected chi connectivity index (χ4v) is 5.88. The largest absolute Gasteiger partial charge is 0.433 e. The van der Waals surface area contributed by atoms with E-state index >= 15 is 0 Å². The number of ether oxygens (including phenoxy) is 1. The molecule has 218 valence electrons. The Morgan fingerprint density at radius 2 is 1.57 bits per heavy atom. The summed E-state index contributed by atoms with van der Waals surface area (Å²) in [6.45, 7) is 2.63. The number of halogens is 3. The second-order valence-corrected chi connectivity index (χ2v) is 10.5. The molecule has 3 heterocycles. The van der Waals surface area contributed by atoms with E-state index in [-0.39, 0.29) is 0 Å². The molecule has 0 spiro atoms. The van der Waals surface area contributed by atoms with Crippen molar-refractivity contribution >= 4 is 23.2 Å². The highest BCUT2D eigenvalue weighted by molar-refractivity contribution is 5.82. The average Bonchev–Trinajstić information content (AvgIpc) is 3.28. The summed E-state index contributed by atoms with van der Waals surface area (Å²) in [6.07, 6.45) is 1.30. The minimum atomic E-state index is -4.53. The highest BCUT2D eigenvalue weighted by Crippen LogP contribution is 2.52. The summed E-state index contributed by atoms with van der Waals surface area (Å²) in [5.41, 5.74) is 3.50. The van der Waals surface area contributed by atoms with Gasteiger partial charge in [-0.1, -0.05) is 48.5 Å². The van der Waals surface area contributed by atoms with Gasteiger partial charge in [0.2, 0.25) is 5.95 Å². The van der Waals surface area contributed by atoms with Crippen molar-refractivity contribution in [2.75, 3.05) is 44.2 Å². The van der Waals surface area contributed by atoms with Gasteiger partial charge in [0.25, 0.3) is 0 Å². The molecule has 2 aromatic carbocycles. The Morgan fingerprint density at radius 3 is 2.26 bits per heavy atom. The molecule has 42 heavy (non-hydrogen) atoms. The van der Waals surface area contributed by atoms with Crippen molar-refractivity contribution in [3.8, 4) is 11.1 Å². The Bertz CT molecular complexity index is 1530. The van der Waals surface area contributed by atoms with Crippen molar-refractivity contribution in [3.05, 3.63) is 78.2 Å². The molecule has 2 aromatic heterocycles. The Balaban J connectivity index is 1.10. The lowest BCUT2D eigenvalue weighted by Gasteiger charge is -2.35. The number of aromatic nitrogens is 4. The number of benzene rings is 2. The minimum absolute atomic E-state index is 0.451.